The molecule has 210 valence electrons. The van der Waals surface area contributed by atoms with E-state index < -0.39 is 5.91 Å². The number of hydrogen-bond acceptors (Lipinski definition) is 11. The molecule has 0 bridgehead atoms. The maximum atomic E-state index is 12.5. The molecule has 2 aliphatic rings. The lowest BCUT2D eigenvalue weighted by atomic mass is 9.79. The number of carbonyl (C=O) groups is 1. The quantitative estimate of drug-likeness (QED) is 0.359. The number of nitrogens with one attached hydrogen (secondary N) is 1. The molecule has 41 heavy (non-hydrogen) atoms. The number of nitrogens with zero attached hydrogens (tertiary/aromatic N) is 9. The van der Waals surface area contributed by atoms with Crippen LogP contribution in [0.2, 0.25) is 0 Å². The Morgan fingerprint density at radius 1 is 1.07 bits per heavy atom. The minimum absolute atomic E-state index is 0.00378. The summed E-state index contributed by atoms with van der Waals surface area (Å²) in [5.41, 5.74) is 8.23. The first kappa shape index (κ1) is 26.4. The average molecular weight is 554 g/mol. The first-order valence-corrected chi connectivity index (χ1v) is 13.6. The van der Waals surface area contributed by atoms with Crippen molar-refractivity contribution in [3.8, 4) is 17.3 Å². The number of primary amides is 1. The van der Waals surface area contributed by atoms with E-state index in [0.29, 0.717) is 43.5 Å². The molecule has 0 spiro atoms. The Labute approximate surface area is 237 Å². The summed E-state index contributed by atoms with van der Waals surface area (Å²) in [4.78, 5) is 25.9. The van der Waals surface area contributed by atoms with Gasteiger partial charge in [-0.2, -0.15) is 14.9 Å². The SMILES string of the molecule is CC1(C)CN(c2ccc(C#N)nn2)CC[C@H]1Nc1c(C(N)=O)cnc2cc(-c3ccc(N4CCOCC4)nc3)nn12. The lowest BCUT2D eigenvalue weighted by molar-refractivity contribution is 0.1000. The molecule has 0 aliphatic carbocycles. The molecule has 1 amide bonds. The van der Waals surface area contributed by atoms with Crippen molar-refractivity contribution in [2.24, 2.45) is 11.1 Å². The molecule has 1 atom stereocenters. The van der Waals surface area contributed by atoms with Crippen molar-refractivity contribution < 1.29 is 9.53 Å². The van der Waals surface area contributed by atoms with Gasteiger partial charge in [-0.05, 0) is 30.7 Å². The van der Waals surface area contributed by atoms with E-state index in [2.05, 4.69) is 49.1 Å². The topological polar surface area (TPSA) is 163 Å². The van der Waals surface area contributed by atoms with Gasteiger partial charge < -0.3 is 25.6 Å². The molecule has 0 unspecified atom stereocenters. The fourth-order valence-corrected chi connectivity index (χ4v) is 5.45. The highest BCUT2D eigenvalue weighted by Crippen LogP contribution is 2.34. The summed E-state index contributed by atoms with van der Waals surface area (Å²) in [6.07, 6.45) is 4.07. The van der Waals surface area contributed by atoms with Gasteiger partial charge in [0.2, 0.25) is 0 Å². The van der Waals surface area contributed by atoms with Crippen LogP contribution >= 0.6 is 0 Å². The molecule has 3 N–H and O–H groups in total. The number of morpholine rings is 1. The molecule has 6 rings (SSSR count). The molecule has 13 nitrogen and oxygen atoms in total. The Morgan fingerprint density at radius 3 is 2.54 bits per heavy atom. The van der Waals surface area contributed by atoms with E-state index in [4.69, 9.17) is 20.8 Å². The maximum absolute atomic E-state index is 12.5. The summed E-state index contributed by atoms with van der Waals surface area (Å²) in [6, 6.07) is 11.3. The summed E-state index contributed by atoms with van der Waals surface area (Å²) < 4.78 is 7.09. The number of nitrogens with two attached hydrogens (primary N) is 1. The zero-order valence-corrected chi connectivity index (χ0v) is 23.0. The van der Waals surface area contributed by atoms with Gasteiger partial charge in [0, 0.05) is 61.7 Å². The van der Waals surface area contributed by atoms with Gasteiger partial charge in [0.1, 0.15) is 17.7 Å². The van der Waals surface area contributed by atoms with E-state index in [-0.39, 0.29) is 22.7 Å². The number of anilines is 3. The second kappa shape index (κ2) is 10.6. The summed E-state index contributed by atoms with van der Waals surface area (Å²) in [7, 11) is 0. The molecular weight excluding hydrogens is 522 g/mol. The van der Waals surface area contributed by atoms with Crippen molar-refractivity contribution in [1.29, 1.82) is 5.26 Å². The lowest BCUT2D eigenvalue weighted by Gasteiger charge is -2.45. The first-order valence-electron chi connectivity index (χ1n) is 13.6. The third-order valence-electron chi connectivity index (χ3n) is 7.76. The summed E-state index contributed by atoms with van der Waals surface area (Å²) in [6.45, 7) is 8.73. The van der Waals surface area contributed by atoms with Gasteiger partial charge in [-0.1, -0.05) is 13.8 Å². The smallest absolute Gasteiger partial charge is 0.254 e. The van der Waals surface area contributed by atoms with Gasteiger partial charge in [-0.15, -0.1) is 10.2 Å². The highest BCUT2D eigenvalue weighted by atomic mass is 16.5. The van der Waals surface area contributed by atoms with Crippen molar-refractivity contribution in [3.63, 3.8) is 0 Å². The van der Waals surface area contributed by atoms with Crippen LogP contribution < -0.4 is 20.9 Å². The second-order valence-corrected chi connectivity index (χ2v) is 11.0. The highest BCUT2D eigenvalue weighted by Gasteiger charge is 2.37. The summed E-state index contributed by atoms with van der Waals surface area (Å²) >= 11 is 0. The number of amides is 1. The van der Waals surface area contributed by atoms with E-state index in [9.17, 15) is 4.79 Å². The Morgan fingerprint density at radius 2 is 1.88 bits per heavy atom. The molecule has 2 aliphatic heterocycles. The molecule has 2 saturated heterocycles. The van der Waals surface area contributed by atoms with Crippen LogP contribution in [0, 0.1) is 16.7 Å². The third-order valence-corrected chi connectivity index (χ3v) is 7.76. The normalized spacial score (nSPS) is 18.7. The predicted molar refractivity (Wildman–Crippen MR) is 153 cm³/mol. The number of rotatable bonds is 6. The Hall–Kier alpha value is -4.83. The van der Waals surface area contributed by atoms with Crippen LogP contribution in [0.5, 0.6) is 0 Å². The minimum atomic E-state index is -0.585. The third kappa shape index (κ3) is 5.21. The van der Waals surface area contributed by atoms with E-state index in [1.54, 1.807) is 16.8 Å². The number of ether oxygens (including phenoxy) is 1. The number of aromatic nitrogens is 6. The van der Waals surface area contributed by atoms with Gasteiger partial charge in [0.25, 0.3) is 5.91 Å². The van der Waals surface area contributed by atoms with E-state index in [1.807, 2.05) is 30.3 Å². The standard InChI is InChI=1S/C28H31N11O2/c1-28(2)17-38(24-6-4-19(14-29)34-35-24)8-7-22(28)33-27-20(26(30)40)16-32-25-13-21(36-39(25)27)18-3-5-23(31-15-18)37-9-11-41-12-10-37/h3-6,13,15-16,22,33H,7-12,17H2,1-2H3,(H2,30,40)/t22-/m1/s1. The number of fused-ring (bicyclic) bond motifs is 1. The summed E-state index contributed by atoms with van der Waals surface area (Å²) in [5, 5.41) is 25.6. The monoisotopic (exact) mass is 553 g/mol. The van der Waals surface area contributed by atoms with Crippen LogP contribution in [0.15, 0.2) is 42.7 Å². The Balaban J connectivity index is 1.27. The molecule has 0 aromatic carbocycles. The fraction of sp³-hybridized carbons (Fsp3) is 0.393. The maximum Gasteiger partial charge on any atom is 0.254 e. The van der Waals surface area contributed by atoms with Gasteiger partial charge >= 0.3 is 0 Å². The number of carbonyl (C=O) groups excluding carboxylic acids is 1. The van der Waals surface area contributed by atoms with Crippen LogP contribution in [0.3, 0.4) is 0 Å². The van der Waals surface area contributed by atoms with Crippen LogP contribution in [0.25, 0.3) is 16.9 Å². The average Bonchev–Trinajstić information content (AvgIpc) is 3.43. The van der Waals surface area contributed by atoms with Crippen molar-refractivity contribution in [2.75, 3.05) is 54.5 Å². The Bertz CT molecular complexity index is 1600. The van der Waals surface area contributed by atoms with E-state index in [0.717, 1.165) is 36.7 Å². The van der Waals surface area contributed by atoms with Crippen LogP contribution in [0.4, 0.5) is 17.5 Å². The van der Waals surface area contributed by atoms with Crippen molar-refractivity contribution in [1.82, 2.24) is 29.8 Å². The zero-order valence-electron chi connectivity index (χ0n) is 23.0. The second-order valence-electron chi connectivity index (χ2n) is 11.0. The Kier molecular flexibility index (Phi) is 6.84. The van der Waals surface area contributed by atoms with E-state index >= 15 is 0 Å². The molecular formula is C28H31N11O2. The molecule has 6 heterocycles. The molecule has 0 radical (unpaired) electrons. The number of hydrogen-bond donors (Lipinski definition) is 2. The van der Waals surface area contributed by atoms with Crippen molar-refractivity contribution in [2.45, 2.75) is 26.3 Å². The minimum Gasteiger partial charge on any atom is -0.378 e. The van der Waals surface area contributed by atoms with Gasteiger partial charge in [0.15, 0.2) is 17.2 Å². The van der Waals surface area contributed by atoms with E-state index in [1.165, 1.54) is 6.20 Å². The number of pyridine rings is 1. The largest absolute Gasteiger partial charge is 0.378 e. The molecule has 4 aromatic rings. The molecule has 4 aromatic heterocycles. The highest BCUT2D eigenvalue weighted by molar-refractivity contribution is 5.97. The zero-order chi connectivity index (χ0) is 28.6. The number of nitriles is 1. The fourth-order valence-electron chi connectivity index (χ4n) is 5.45. The summed E-state index contributed by atoms with van der Waals surface area (Å²) in [5.74, 6) is 1.55. The predicted octanol–water partition coefficient (Wildman–Crippen LogP) is 2.11. The van der Waals surface area contributed by atoms with Crippen molar-refractivity contribution >= 4 is 29.0 Å². The van der Waals surface area contributed by atoms with Crippen LogP contribution in [0.1, 0.15) is 36.3 Å². The lowest BCUT2D eigenvalue weighted by Crippen LogP contribution is -2.52. The van der Waals surface area contributed by atoms with Gasteiger partial charge in [0.05, 0.1) is 24.5 Å². The van der Waals surface area contributed by atoms with Crippen molar-refractivity contribution in [3.05, 3.63) is 54.0 Å². The van der Waals surface area contributed by atoms with Crippen LogP contribution in [-0.2, 0) is 4.74 Å². The van der Waals surface area contributed by atoms with Gasteiger partial charge in [-0.25, -0.2) is 9.97 Å². The van der Waals surface area contributed by atoms with Crippen LogP contribution in [-0.4, -0.2) is 81.1 Å². The first-order chi connectivity index (χ1) is 19.8. The molecule has 13 heteroatoms. The number of piperidine rings is 1. The molecule has 0 saturated carbocycles. The van der Waals surface area contributed by atoms with Gasteiger partial charge in [-0.3, -0.25) is 4.79 Å². The molecule has 2 fully saturated rings.